The number of amides is 4. The molecule has 14 nitrogen and oxygen atoms in total. The van der Waals surface area contributed by atoms with E-state index in [1.54, 1.807) is 12.1 Å². The Hall–Kier alpha value is -3.14. The van der Waals surface area contributed by atoms with E-state index in [-0.39, 0.29) is 37.6 Å². The molecule has 2 fully saturated rings. The van der Waals surface area contributed by atoms with Crippen molar-refractivity contribution in [3.63, 3.8) is 0 Å². The van der Waals surface area contributed by atoms with Gasteiger partial charge in [-0.15, -0.1) is 0 Å². The fraction of sp³-hybridized carbons (Fsp3) is 0.667. The number of rotatable bonds is 14. The van der Waals surface area contributed by atoms with Crippen molar-refractivity contribution in [3.8, 4) is 5.75 Å². The minimum absolute atomic E-state index is 0.0288. The average Bonchev–Trinajstić information content (AvgIpc) is 3.27. The van der Waals surface area contributed by atoms with Crippen LogP contribution in [-0.2, 0) is 30.3 Å². The van der Waals surface area contributed by atoms with Crippen LogP contribution >= 0.6 is 0 Å². The molecule has 2 aliphatic heterocycles. The Balaban J connectivity index is 1.65. The lowest BCUT2D eigenvalue weighted by atomic mass is 9.94. The van der Waals surface area contributed by atoms with Gasteiger partial charge in [-0.2, -0.15) is 0 Å². The van der Waals surface area contributed by atoms with Crippen LogP contribution in [0.2, 0.25) is 0 Å². The monoisotopic (exact) mass is 622 g/mol. The second-order valence-corrected chi connectivity index (χ2v) is 12.1. The number of hydrogen-bond acceptors (Lipinski definition) is 11. The van der Waals surface area contributed by atoms with Crippen LogP contribution in [0, 0.1) is 17.8 Å². The van der Waals surface area contributed by atoms with E-state index in [4.69, 9.17) is 15.2 Å². The molecule has 246 valence electrons. The van der Waals surface area contributed by atoms with Crippen molar-refractivity contribution in [2.24, 2.45) is 23.5 Å². The first-order valence-corrected chi connectivity index (χ1v) is 15.0. The lowest BCUT2D eigenvalue weighted by Crippen LogP contribution is -2.60. The van der Waals surface area contributed by atoms with Crippen molar-refractivity contribution in [2.45, 2.75) is 90.1 Å². The van der Waals surface area contributed by atoms with Gasteiger partial charge in [0.15, 0.2) is 0 Å². The van der Waals surface area contributed by atoms with E-state index in [1.165, 1.54) is 6.07 Å². The molecule has 0 aromatic heterocycles. The largest absolute Gasteiger partial charge is 0.462 e. The van der Waals surface area contributed by atoms with Crippen molar-refractivity contribution in [3.05, 3.63) is 23.8 Å². The van der Waals surface area contributed by atoms with E-state index in [1.807, 2.05) is 13.8 Å². The van der Waals surface area contributed by atoms with E-state index in [2.05, 4.69) is 24.5 Å². The van der Waals surface area contributed by atoms with E-state index < -0.39 is 72.9 Å². The Bertz CT molecular complexity index is 1180. The Morgan fingerprint density at radius 3 is 2.41 bits per heavy atom. The van der Waals surface area contributed by atoms with E-state index in [9.17, 15) is 39.6 Å². The molecule has 14 heteroatoms. The summed E-state index contributed by atoms with van der Waals surface area (Å²) < 4.78 is 11.1. The van der Waals surface area contributed by atoms with Crippen LogP contribution in [0.1, 0.15) is 52.5 Å². The maximum absolute atomic E-state index is 12.9. The topological polar surface area (TPSA) is 221 Å². The van der Waals surface area contributed by atoms with Gasteiger partial charge < -0.3 is 46.3 Å². The van der Waals surface area contributed by atoms with Gasteiger partial charge in [-0.3, -0.25) is 24.1 Å². The molecule has 2 saturated heterocycles. The molecule has 0 spiro atoms. The maximum Gasteiger partial charge on any atom is 0.244 e. The summed E-state index contributed by atoms with van der Waals surface area (Å²) in [5, 5.41) is 45.3. The SMILES string of the molecule is CC(C)CCc1ccc(OC2OC(CO)C(O)C(O)C2O)cc1NC(=O)CCNC(=O)C(CN)N1C(=O)CC(C(C)C)C1=O. The summed E-state index contributed by atoms with van der Waals surface area (Å²) in [7, 11) is 0. The molecule has 0 saturated carbocycles. The fourth-order valence-corrected chi connectivity index (χ4v) is 5.19. The first-order valence-electron chi connectivity index (χ1n) is 15.0. The smallest absolute Gasteiger partial charge is 0.244 e. The zero-order chi connectivity index (χ0) is 32.7. The first-order chi connectivity index (χ1) is 20.8. The van der Waals surface area contributed by atoms with Crippen LogP contribution in [0.15, 0.2) is 18.2 Å². The molecule has 0 aliphatic carbocycles. The normalized spacial score (nSPS) is 26.3. The summed E-state index contributed by atoms with van der Waals surface area (Å²) in [6.45, 7) is 6.87. The first kappa shape index (κ1) is 35.3. The molecule has 0 radical (unpaired) electrons. The summed E-state index contributed by atoms with van der Waals surface area (Å²) in [5.41, 5.74) is 7.00. The number of nitrogens with two attached hydrogens (primary N) is 1. The minimum Gasteiger partial charge on any atom is -0.462 e. The number of carbonyl (C=O) groups is 4. The molecular formula is C30H46N4O10. The number of hydrogen-bond donors (Lipinski definition) is 7. The second kappa shape index (κ2) is 15.7. The van der Waals surface area contributed by atoms with E-state index in [0.29, 0.717) is 18.0 Å². The standard InChI is InChI=1S/C30H46N4O10/c1-15(2)5-6-17-7-8-18(43-30-27(40)26(39)25(38)22(14-35)44-30)11-20(17)33-23(36)9-10-32-28(41)21(13-31)34-24(37)12-19(16(3)4)29(34)42/h7-8,11,15-16,19,21-22,25-27,30,35,38-40H,5-6,9-10,12-14,31H2,1-4H3,(H,32,41)(H,33,36). The summed E-state index contributed by atoms with van der Waals surface area (Å²) in [6.07, 6.45) is -5.91. The number of imide groups is 1. The Morgan fingerprint density at radius 1 is 1.11 bits per heavy atom. The van der Waals surface area contributed by atoms with Gasteiger partial charge in [-0.25, -0.2) is 0 Å². The number of carbonyl (C=O) groups excluding carboxylic acids is 4. The van der Waals surface area contributed by atoms with Crippen molar-refractivity contribution in [1.29, 1.82) is 0 Å². The molecule has 2 aliphatic rings. The van der Waals surface area contributed by atoms with Gasteiger partial charge in [0.2, 0.25) is 29.9 Å². The molecule has 7 unspecified atom stereocenters. The van der Waals surface area contributed by atoms with Gasteiger partial charge in [-0.1, -0.05) is 33.8 Å². The molecular weight excluding hydrogens is 576 g/mol. The lowest BCUT2D eigenvalue weighted by molar-refractivity contribution is -0.277. The molecule has 3 rings (SSSR count). The van der Waals surface area contributed by atoms with E-state index >= 15 is 0 Å². The zero-order valence-electron chi connectivity index (χ0n) is 25.6. The van der Waals surface area contributed by atoms with Gasteiger partial charge in [0.25, 0.3) is 0 Å². The van der Waals surface area contributed by atoms with Crippen LogP contribution in [0.25, 0.3) is 0 Å². The quantitative estimate of drug-likeness (QED) is 0.128. The average molecular weight is 623 g/mol. The highest BCUT2D eigenvalue weighted by molar-refractivity contribution is 6.07. The Kier molecular flexibility index (Phi) is 12.6. The van der Waals surface area contributed by atoms with Crippen LogP contribution < -0.4 is 21.1 Å². The third-order valence-corrected chi connectivity index (χ3v) is 7.96. The number of nitrogens with one attached hydrogen (secondary N) is 2. The maximum atomic E-state index is 12.9. The van der Waals surface area contributed by atoms with Crippen LogP contribution in [0.4, 0.5) is 5.69 Å². The Morgan fingerprint density at radius 2 is 1.82 bits per heavy atom. The number of benzene rings is 1. The summed E-state index contributed by atoms with van der Waals surface area (Å²) in [5.74, 6) is -1.91. The highest BCUT2D eigenvalue weighted by atomic mass is 16.7. The van der Waals surface area contributed by atoms with Crippen molar-refractivity contribution >= 4 is 29.3 Å². The summed E-state index contributed by atoms with van der Waals surface area (Å²) in [4.78, 5) is 51.9. The predicted molar refractivity (Wildman–Crippen MR) is 158 cm³/mol. The predicted octanol–water partition coefficient (Wildman–Crippen LogP) is -0.743. The summed E-state index contributed by atoms with van der Waals surface area (Å²) >= 11 is 0. The molecule has 2 heterocycles. The van der Waals surface area contributed by atoms with Crippen LogP contribution in [0.5, 0.6) is 5.75 Å². The van der Waals surface area contributed by atoms with Gasteiger partial charge >= 0.3 is 0 Å². The highest BCUT2D eigenvalue weighted by Gasteiger charge is 2.46. The second-order valence-electron chi connectivity index (χ2n) is 12.1. The number of likely N-dealkylation sites (tertiary alicyclic amines) is 1. The number of nitrogens with zero attached hydrogens (tertiary/aromatic N) is 1. The van der Waals surface area contributed by atoms with Gasteiger partial charge in [0.05, 0.1) is 6.61 Å². The number of aryl methyl sites for hydroxylation is 1. The molecule has 0 bridgehead atoms. The third-order valence-electron chi connectivity index (χ3n) is 7.96. The fourth-order valence-electron chi connectivity index (χ4n) is 5.19. The molecule has 44 heavy (non-hydrogen) atoms. The number of aliphatic hydroxyl groups is 4. The Labute approximate surface area is 256 Å². The van der Waals surface area contributed by atoms with E-state index in [0.717, 1.165) is 16.9 Å². The van der Waals surface area contributed by atoms with Gasteiger partial charge in [0, 0.05) is 43.6 Å². The van der Waals surface area contributed by atoms with Crippen molar-refractivity contribution in [2.75, 3.05) is 25.0 Å². The highest BCUT2D eigenvalue weighted by Crippen LogP contribution is 2.30. The number of ether oxygens (including phenoxy) is 2. The number of aliphatic hydroxyl groups excluding tert-OH is 4. The summed E-state index contributed by atoms with van der Waals surface area (Å²) in [6, 6.07) is 3.73. The van der Waals surface area contributed by atoms with Gasteiger partial charge in [-0.05, 0) is 36.3 Å². The molecule has 1 aromatic carbocycles. The molecule has 4 amide bonds. The lowest BCUT2D eigenvalue weighted by Gasteiger charge is -2.39. The van der Waals surface area contributed by atoms with Crippen molar-refractivity contribution < 1.29 is 49.1 Å². The minimum atomic E-state index is -1.61. The molecule has 8 N–H and O–H groups in total. The third kappa shape index (κ3) is 8.52. The molecule has 7 atom stereocenters. The van der Waals surface area contributed by atoms with Gasteiger partial charge in [0.1, 0.15) is 36.2 Å². The van der Waals surface area contributed by atoms with Crippen LogP contribution in [-0.4, -0.2) is 105 Å². The molecule has 1 aromatic rings. The zero-order valence-corrected chi connectivity index (χ0v) is 25.6. The van der Waals surface area contributed by atoms with Crippen molar-refractivity contribution in [1.82, 2.24) is 10.2 Å². The van der Waals surface area contributed by atoms with Crippen LogP contribution in [0.3, 0.4) is 0 Å². The number of anilines is 1.